The highest BCUT2D eigenvalue weighted by Gasteiger charge is 2.28. The number of rotatable bonds is 6. The summed E-state index contributed by atoms with van der Waals surface area (Å²) in [5, 5.41) is 0.612. The fourth-order valence-corrected chi connectivity index (χ4v) is 3.92. The van der Waals surface area contributed by atoms with Crippen molar-refractivity contribution in [3.8, 4) is 17.2 Å². The van der Waals surface area contributed by atoms with Crippen LogP contribution in [0.25, 0.3) is 17.0 Å². The van der Waals surface area contributed by atoms with Gasteiger partial charge in [-0.2, -0.15) is 0 Å². The van der Waals surface area contributed by atoms with Crippen LogP contribution in [0.4, 0.5) is 0 Å². The van der Waals surface area contributed by atoms with Gasteiger partial charge in [-0.15, -0.1) is 0 Å². The molecule has 0 bridgehead atoms. The number of carbonyl (C=O) groups is 2. The van der Waals surface area contributed by atoms with Crippen LogP contribution in [0.5, 0.6) is 17.2 Å². The van der Waals surface area contributed by atoms with Crippen molar-refractivity contribution in [2.45, 2.75) is 13.8 Å². The Morgan fingerprint density at radius 2 is 1.80 bits per heavy atom. The molecule has 0 saturated carbocycles. The van der Waals surface area contributed by atoms with Crippen LogP contribution in [0.1, 0.15) is 39.0 Å². The van der Waals surface area contributed by atoms with Gasteiger partial charge in [-0.1, -0.05) is 42.5 Å². The molecule has 2 heterocycles. The number of aryl methyl sites for hydroxylation is 1. The van der Waals surface area contributed by atoms with Crippen LogP contribution >= 0.6 is 0 Å². The number of ketones is 1. The van der Waals surface area contributed by atoms with E-state index >= 15 is 0 Å². The Labute approximate surface area is 202 Å². The summed E-state index contributed by atoms with van der Waals surface area (Å²) in [5.74, 6) is 1.10. The first kappa shape index (κ1) is 22.2. The van der Waals surface area contributed by atoms with E-state index in [4.69, 9.17) is 18.6 Å². The van der Waals surface area contributed by atoms with Crippen molar-refractivity contribution < 1.29 is 28.2 Å². The van der Waals surface area contributed by atoms with E-state index in [9.17, 15) is 9.59 Å². The summed E-state index contributed by atoms with van der Waals surface area (Å²) >= 11 is 0. The Morgan fingerprint density at radius 1 is 1.00 bits per heavy atom. The van der Waals surface area contributed by atoms with Crippen molar-refractivity contribution in [3.63, 3.8) is 0 Å². The molecule has 0 aliphatic carbocycles. The van der Waals surface area contributed by atoms with E-state index in [1.165, 1.54) is 6.07 Å². The number of hydrogen-bond acceptors (Lipinski definition) is 6. The van der Waals surface area contributed by atoms with Crippen LogP contribution in [0.15, 0.2) is 89.1 Å². The highest BCUT2D eigenvalue weighted by Crippen LogP contribution is 2.35. The number of carbonyl (C=O) groups excluding carboxylic acids is 2. The molecule has 1 aliphatic rings. The second-order valence-electron chi connectivity index (χ2n) is 7.90. The van der Waals surface area contributed by atoms with Crippen LogP contribution < -0.4 is 14.2 Å². The van der Waals surface area contributed by atoms with E-state index in [0.717, 1.165) is 5.56 Å². The average molecular weight is 466 g/mol. The molecule has 0 saturated heterocycles. The maximum atomic E-state index is 13.0. The Bertz CT molecular complexity index is 1490. The second kappa shape index (κ2) is 9.35. The standard InChI is InChI=1S/C29H22O6/c1-3-32-20-13-15-24-23(16-20)27(18(2)33-24)29(31)34-21-12-14-22-26(17-21)35-25(28(22)30)11-7-10-19-8-5-4-6-9-19/h4-17H,3H2,1-2H3. The zero-order valence-electron chi connectivity index (χ0n) is 19.2. The summed E-state index contributed by atoms with van der Waals surface area (Å²) in [4.78, 5) is 25.7. The number of hydrogen-bond donors (Lipinski definition) is 0. The van der Waals surface area contributed by atoms with Gasteiger partial charge in [0.05, 0.1) is 12.2 Å². The molecule has 35 heavy (non-hydrogen) atoms. The summed E-state index contributed by atoms with van der Waals surface area (Å²) < 4.78 is 22.6. The van der Waals surface area contributed by atoms with Gasteiger partial charge in [0, 0.05) is 11.5 Å². The molecule has 174 valence electrons. The van der Waals surface area contributed by atoms with Gasteiger partial charge < -0.3 is 18.6 Å². The lowest BCUT2D eigenvalue weighted by atomic mass is 10.1. The quantitative estimate of drug-likeness (QED) is 0.183. The number of allylic oxidation sites excluding steroid dienone is 3. The molecule has 0 spiro atoms. The zero-order chi connectivity index (χ0) is 24.4. The van der Waals surface area contributed by atoms with Crippen molar-refractivity contribution in [2.75, 3.05) is 6.61 Å². The molecule has 5 rings (SSSR count). The summed E-state index contributed by atoms with van der Waals surface area (Å²) in [7, 11) is 0. The monoisotopic (exact) mass is 466 g/mol. The molecular formula is C29H22O6. The first-order valence-electron chi connectivity index (χ1n) is 11.2. The van der Waals surface area contributed by atoms with Crippen LogP contribution in [0.3, 0.4) is 0 Å². The molecular weight excluding hydrogens is 444 g/mol. The minimum Gasteiger partial charge on any atom is -0.494 e. The van der Waals surface area contributed by atoms with Gasteiger partial charge >= 0.3 is 5.97 Å². The molecule has 0 unspecified atom stereocenters. The maximum absolute atomic E-state index is 13.0. The molecule has 6 heteroatoms. The number of benzene rings is 3. The normalized spacial score (nSPS) is 13.9. The average Bonchev–Trinajstić information content (AvgIpc) is 3.35. The van der Waals surface area contributed by atoms with Gasteiger partial charge in [-0.25, -0.2) is 4.79 Å². The van der Waals surface area contributed by atoms with E-state index < -0.39 is 5.97 Å². The molecule has 6 nitrogen and oxygen atoms in total. The second-order valence-corrected chi connectivity index (χ2v) is 7.90. The summed E-state index contributed by atoms with van der Waals surface area (Å²) in [6, 6.07) is 19.8. The fourth-order valence-electron chi connectivity index (χ4n) is 3.92. The van der Waals surface area contributed by atoms with Crippen molar-refractivity contribution in [2.24, 2.45) is 0 Å². The maximum Gasteiger partial charge on any atom is 0.347 e. The van der Waals surface area contributed by atoms with Crippen molar-refractivity contribution in [3.05, 3.63) is 107 Å². The van der Waals surface area contributed by atoms with Crippen molar-refractivity contribution >= 4 is 28.8 Å². The van der Waals surface area contributed by atoms with Crippen molar-refractivity contribution in [1.82, 2.24) is 0 Å². The largest absolute Gasteiger partial charge is 0.494 e. The lowest BCUT2D eigenvalue weighted by molar-refractivity contribution is 0.0734. The van der Waals surface area contributed by atoms with Crippen LogP contribution in [-0.2, 0) is 0 Å². The van der Waals surface area contributed by atoms with Gasteiger partial charge in [0.1, 0.15) is 34.2 Å². The lowest BCUT2D eigenvalue weighted by Crippen LogP contribution is -2.09. The lowest BCUT2D eigenvalue weighted by Gasteiger charge is -2.06. The highest BCUT2D eigenvalue weighted by molar-refractivity contribution is 6.12. The SMILES string of the molecule is CCOc1ccc2oc(C)c(C(=O)Oc3ccc4c(c3)OC(=CC=Cc3ccccc3)C4=O)c2c1. The number of esters is 1. The third kappa shape index (κ3) is 4.46. The summed E-state index contributed by atoms with van der Waals surface area (Å²) in [5.41, 5.74) is 2.32. The van der Waals surface area contributed by atoms with E-state index in [2.05, 4.69) is 0 Å². The van der Waals surface area contributed by atoms with Gasteiger partial charge in [-0.05, 0) is 55.8 Å². The summed E-state index contributed by atoms with van der Waals surface area (Å²) in [6.45, 7) is 4.11. The smallest absolute Gasteiger partial charge is 0.347 e. The van der Waals surface area contributed by atoms with E-state index in [1.54, 1.807) is 49.4 Å². The van der Waals surface area contributed by atoms with E-state index in [0.29, 0.717) is 46.0 Å². The predicted molar refractivity (Wildman–Crippen MR) is 132 cm³/mol. The molecule has 4 aromatic rings. The highest BCUT2D eigenvalue weighted by atomic mass is 16.5. The minimum atomic E-state index is -0.569. The zero-order valence-corrected chi connectivity index (χ0v) is 19.2. The molecule has 0 N–H and O–H groups in total. The van der Waals surface area contributed by atoms with E-state index in [-0.39, 0.29) is 17.3 Å². The fraction of sp³-hybridized carbons (Fsp3) is 0.103. The van der Waals surface area contributed by atoms with Gasteiger partial charge in [0.2, 0.25) is 5.78 Å². The molecule has 0 amide bonds. The molecule has 1 aliphatic heterocycles. The molecule has 1 aromatic heterocycles. The Balaban J connectivity index is 1.36. The number of Topliss-reactive ketones (excluding diaryl/α,β-unsaturated/α-hetero) is 1. The Kier molecular flexibility index (Phi) is 5.94. The third-order valence-corrected chi connectivity index (χ3v) is 5.54. The van der Waals surface area contributed by atoms with Crippen LogP contribution in [0, 0.1) is 6.92 Å². The Morgan fingerprint density at radius 3 is 2.60 bits per heavy atom. The van der Waals surface area contributed by atoms with Gasteiger partial charge in [0.25, 0.3) is 0 Å². The van der Waals surface area contributed by atoms with Gasteiger partial charge in [0.15, 0.2) is 5.76 Å². The first-order valence-corrected chi connectivity index (χ1v) is 11.2. The molecule has 3 aromatic carbocycles. The number of ether oxygens (including phenoxy) is 3. The summed E-state index contributed by atoms with van der Waals surface area (Å²) in [6.07, 6.45) is 5.27. The number of furan rings is 1. The predicted octanol–water partition coefficient (Wildman–Crippen LogP) is 6.53. The topological polar surface area (TPSA) is 75.0 Å². The first-order chi connectivity index (χ1) is 17.0. The minimum absolute atomic E-state index is 0.204. The Hall–Kier alpha value is -4.58. The third-order valence-electron chi connectivity index (χ3n) is 5.54. The molecule has 0 atom stereocenters. The van der Waals surface area contributed by atoms with E-state index in [1.807, 2.05) is 43.3 Å². The van der Waals surface area contributed by atoms with Crippen LogP contribution in [0.2, 0.25) is 0 Å². The van der Waals surface area contributed by atoms with Gasteiger partial charge in [-0.3, -0.25) is 4.79 Å². The number of fused-ring (bicyclic) bond motifs is 2. The molecule has 0 radical (unpaired) electrons. The van der Waals surface area contributed by atoms with Crippen molar-refractivity contribution in [1.29, 1.82) is 0 Å². The van der Waals surface area contributed by atoms with Crippen LogP contribution in [-0.4, -0.2) is 18.4 Å². The molecule has 0 fully saturated rings.